The fourth-order valence-corrected chi connectivity index (χ4v) is 2.71. The molecule has 122 valence electrons. The van der Waals surface area contributed by atoms with Crippen LogP contribution in [0.4, 0.5) is 11.5 Å². The Morgan fingerprint density at radius 1 is 1.52 bits per heavy atom. The van der Waals surface area contributed by atoms with Crippen molar-refractivity contribution in [1.82, 2.24) is 9.97 Å². The van der Waals surface area contributed by atoms with E-state index in [0.29, 0.717) is 16.4 Å². The number of nitrogens with one attached hydrogen (secondary N) is 2. The molecule has 0 aliphatic carbocycles. The first kappa shape index (κ1) is 17.2. The van der Waals surface area contributed by atoms with Crippen LogP contribution in [0.3, 0.4) is 0 Å². The van der Waals surface area contributed by atoms with Crippen molar-refractivity contribution < 1.29 is 13.6 Å². The number of anilines is 2. The van der Waals surface area contributed by atoms with Crippen molar-refractivity contribution in [1.29, 1.82) is 0 Å². The van der Waals surface area contributed by atoms with Crippen molar-refractivity contribution in [2.45, 2.75) is 10.9 Å². The van der Waals surface area contributed by atoms with Crippen LogP contribution in [0.5, 0.6) is 0 Å². The number of aromatic nitrogens is 2. The Hall–Kier alpha value is -2.17. The summed E-state index contributed by atoms with van der Waals surface area (Å²) in [6.07, 6.45) is 1.72. The van der Waals surface area contributed by atoms with Crippen LogP contribution in [0.2, 0.25) is 0 Å². The number of rotatable bonds is 6. The first-order chi connectivity index (χ1) is 10.9. The molecule has 0 radical (unpaired) electrons. The number of hydrogen-bond acceptors (Lipinski definition) is 7. The lowest BCUT2D eigenvalue weighted by Crippen LogP contribution is -2.26. The van der Waals surface area contributed by atoms with Crippen molar-refractivity contribution in [2.75, 3.05) is 11.6 Å². The van der Waals surface area contributed by atoms with Crippen LogP contribution in [0, 0.1) is 0 Å². The molecule has 0 saturated heterocycles. The Balaban J connectivity index is 2.43. The molecule has 8 nitrogen and oxygen atoms in total. The molecule has 1 aromatic carbocycles. The van der Waals surface area contributed by atoms with E-state index < -0.39 is 22.5 Å². The van der Waals surface area contributed by atoms with E-state index >= 15 is 0 Å². The Morgan fingerprint density at radius 3 is 2.87 bits per heavy atom. The van der Waals surface area contributed by atoms with Gasteiger partial charge < -0.3 is 20.6 Å². The molecule has 0 aliphatic rings. The highest BCUT2D eigenvalue weighted by molar-refractivity contribution is 7.98. The number of nitrogens with two attached hydrogens (primary N) is 1. The number of carbonyl (C=O) groups is 1. The second-order valence-electron chi connectivity index (χ2n) is 4.44. The summed E-state index contributed by atoms with van der Waals surface area (Å²) in [6, 6.07) is 6.54. The predicted molar refractivity (Wildman–Crippen MR) is 87.5 cm³/mol. The zero-order chi connectivity index (χ0) is 17.0. The van der Waals surface area contributed by atoms with Crippen LogP contribution >= 0.6 is 11.8 Å². The summed E-state index contributed by atoms with van der Waals surface area (Å²) in [5.74, 6) is -1.03. The third-order valence-corrected chi connectivity index (χ3v) is 3.96. The Bertz CT molecular complexity index is 822. The lowest BCUT2D eigenvalue weighted by atomic mass is 10.2. The summed E-state index contributed by atoms with van der Waals surface area (Å²) >= 11 is -1.02. The van der Waals surface area contributed by atoms with Gasteiger partial charge in [0.25, 0.3) is 11.5 Å². The van der Waals surface area contributed by atoms with E-state index in [9.17, 15) is 18.4 Å². The lowest BCUT2D eigenvalue weighted by Gasteiger charge is -2.11. The van der Waals surface area contributed by atoms with Gasteiger partial charge in [0.1, 0.15) is 5.56 Å². The van der Waals surface area contributed by atoms with Crippen LogP contribution < -0.4 is 16.6 Å². The van der Waals surface area contributed by atoms with Gasteiger partial charge in [-0.05, 0) is 24.0 Å². The minimum Gasteiger partial charge on any atom is -0.772 e. The number of amides is 1. The summed E-state index contributed by atoms with van der Waals surface area (Å²) < 4.78 is 21.5. The third-order valence-electron chi connectivity index (χ3n) is 2.81. The maximum absolute atomic E-state index is 11.9. The minimum absolute atomic E-state index is 0.0194. The van der Waals surface area contributed by atoms with Gasteiger partial charge in [0, 0.05) is 11.4 Å². The molecular weight excluding hydrogens is 340 g/mol. The number of hydrogen-bond donors (Lipinski definition) is 3. The van der Waals surface area contributed by atoms with Crippen molar-refractivity contribution in [3.8, 4) is 0 Å². The first-order valence-corrected chi connectivity index (χ1v) is 8.77. The molecule has 4 N–H and O–H groups in total. The van der Waals surface area contributed by atoms with E-state index in [0.717, 1.165) is 0 Å². The SMILES string of the molecule is CSc1nc(Nc2cccc(CS(=O)[O-])c2)c(C(N)=O)c(=O)[nH]1. The topological polar surface area (TPSA) is 141 Å². The van der Waals surface area contributed by atoms with Crippen LogP contribution in [0.25, 0.3) is 0 Å². The molecule has 1 atom stereocenters. The van der Waals surface area contributed by atoms with Crippen LogP contribution in [-0.4, -0.2) is 30.9 Å². The van der Waals surface area contributed by atoms with Gasteiger partial charge >= 0.3 is 0 Å². The second kappa shape index (κ2) is 7.40. The quantitative estimate of drug-likeness (QED) is 0.394. The Morgan fingerprint density at radius 2 is 2.26 bits per heavy atom. The summed E-state index contributed by atoms with van der Waals surface area (Å²) in [5.41, 5.74) is 5.34. The first-order valence-electron chi connectivity index (χ1n) is 6.30. The average Bonchev–Trinajstić information content (AvgIpc) is 2.45. The molecule has 1 aromatic heterocycles. The number of benzene rings is 1. The summed E-state index contributed by atoms with van der Waals surface area (Å²) in [5, 5.41) is 3.16. The van der Waals surface area contributed by atoms with Gasteiger partial charge in [-0.1, -0.05) is 35.0 Å². The normalized spacial score (nSPS) is 11.9. The smallest absolute Gasteiger partial charge is 0.266 e. The molecular formula is C13H13N4O4S2-. The fraction of sp³-hybridized carbons (Fsp3) is 0.154. The summed E-state index contributed by atoms with van der Waals surface area (Å²) in [6.45, 7) is 0. The van der Waals surface area contributed by atoms with E-state index in [2.05, 4.69) is 15.3 Å². The minimum atomic E-state index is -2.22. The highest BCUT2D eigenvalue weighted by Crippen LogP contribution is 2.20. The number of thioether (sulfide) groups is 1. The fourth-order valence-electron chi connectivity index (χ4n) is 1.88. The van der Waals surface area contributed by atoms with Crippen molar-refractivity contribution in [3.05, 3.63) is 45.7 Å². The zero-order valence-electron chi connectivity index (χ0n) is 12.0. The summed E-state index contributed by atoms with van der Waals surface area (Å²) in [4.78, 5) is 30.0. The molecule has 0 saturated carbocycles. The Kier molecular flexibility index (Phi) is 5.53. The zero-order valence-corrected chi connectivity index (χ0v) is 13.6. The van der Waals surface area contributed by atoms with Crippen LogP contribution in [0.15, 0.2) is 34.2 Å². The maximum atomic E-state index is 11.9. The third kappa shape index (κ3) is 4.41. The average molecular weight is 353 g/mol. The lowest BCUT2D eigenvalue weighted by molar-refractivity contribution is 0.0999. The monoisotopic (exact) mass is 353 g/mol. The van der Waals surface area contributed by atoms with Gasteiger partial charge in [-0.15, -0.1) is 0 Å². The molecule has 0 fully saturated rings. The summed E-state index contributed by atoms with van der Waals surface area (Å²) in [7, 11) is 0. The van der Waals surface area contributed by atoms with Gasteiger partial charge in [-0.3, -0.25) is 13.8 Å². The van der Waals surface area contributed by atoms with E-state index in [1.54, 1.807) is 30.5 Å². The van der Waals surface area contributed by atoms with E-state index in [-0.39, 0.29) is 17.1 Å². The maximum Gasteiger partial charge on any atom is 0.266 e. The highest BCUT2D eigenvalue weighted by Gasteiger charge is 2.16. The molecule has 2 rings (SSSR count). The van der Waals surface area contributed by atoms with Gasteiger partial charge in [0.05, 0.1) is 0 Å². The number of nitrogens with zero attached hydrogens (tertiary/aromatic N) is 1. The van der Waals surface area contributed by atoms with Crippen molar-refractivity contribution in [3.63, 3.8) is 0 Å². The van der Waals surface area contributed by atoms with Crippen molar-refractivity contribution in [2.24, 2.45) is 5.73 Å². The molecule has 2 aromatic rings. The van der Waals surface area contributed by atoms with Gasteiger partial charge in [-0.2, -0.15) is 0 Å². The number of primary amides is 1. The molecule has 0 aliphatic heterocycles. The highest BCUT2D eigenvalue weighted by atomic mass is 32.2. The van der Waals surface area contributed by atoms with Crippen LogP contribution in [0.1, 0.15) is 15.9 Å². The van der Waals surface area contributed by atoms with Crippen molar-refractivity contribution >= 4 is 40.3 Å². The number of carbonyl (C=O) groups excluding carboxylic acids is 1. The molecule has 1 unspecified atom stereocenters. The molecule has 10 heteroatoms. The Labute approximate surface area is 138 Å². The molecule has 23 heavy (non-hydrogen) atoms. The van der Waals surface area contributed by atoms with Gasteiger partial charge in [0.2, 0.25) is 0 Å². The number of H-pyrrole nitrogens is 1. The van der Waals surface area contributed by atoms with E-state index in [1.165, 1.54) is 11.8 Å². The molecule has 0 spiro atoms. The largest absolute Gasteiger partial charge is 0.772 e. The molecule has 0 bridgehead atoms. The van der Waals surface area contributed by atoms with Crippen LogP contribution in [-0.2, 0) is 16.8 Å². The molecule has 1 amide bonds. The van der Waals surface area contributed by atoms with Gasteiger partial charge in [0.15, 0.2) is 11.0 Å². The van der Waals surface area contributed by atoms with E-state index in [1.807, 2.05) is 0 Å². The standard InChI is InChI=1S/C13H14N4O4S2/c1-22-13-16-11(9(10(14)18)12(19)17-13)15-8-4-2-3-7(5-8)6-23(20)21/h2-5H,6H2,1H3,(H2,14,18)(H,20,21)(H2,15,16,17,19)/p-1. The van der Waals surface area contributed by atoms with E-state index in [4.69, 9.17) is 5.73 Å². The van der Waals surface area contributed by atoms with Gasteiger partial charge in [-0.25, -0.2) is 4.98 Å². The second-order valence-corrected chi connectivity index (χ2v) is 6.13. The molecule has 1 heterocycles. The predicted octanol–water partition coefficient (Wildman–Crippen LogP) is 0.713. The number of aromatic amines is 1.